The van der Waals surface area contributed by atoms with E-state index >= 15 is 0 Å². The summed E-state index contributed by atoms with van der Waals surface area (Å²) in [5.41, 5.74) is 1.52. The first-order chi connectivity index (χ1) is 11.3. The summed E-state index contributed by atoms with van der Waals surface area (Å²) < 4.78 is 16.3. The van der Waals surface area contributed by atoms with Crippen LogP contribution in [0.25, 0.3) is 6.08 Å². The molecule has 0 aromatic heterocycles. The Hall–Kier alpha value is -2.75. The lowest BCUT2D eigenvalue weighted by atomic mass is 10.1. The van der Waals surface area contributed by atoms with Gasteiger partial charge in [0.2, 0.25) is 0 Å². The monoisotopic (exact) mass is 310 g/mol. The van der Waals surface area contributed by atoms with E-state index in [-0.39, 0.29) is 5.78 Å². The summed E-state index contributed by atoms with van der Waals surface area (Å²) in [6, 6.07) is 12.8. The SMILES string of the molecule is COc1ccc(/C=C/C(=O)c2ccc3c(c2)OCCCO3)cc1. The Morgan fingerprint density at radius 1 is 1.04 bits per heavy atom. The Bertz CT molecular complexity index is 717. The number of allylic oxidation sites excluding steroid dienone is 1. The van der Waals surface area contributed by atoms with E-state index in [2.05, 4.69) is 0 Å². The van der Waals surface area contributed by atoms with Gasteiger partial charge in [-0.2, -0.15) is 0 Å². The lowest BCUT2D eigenvalue weighted by Gasteiger charge is -2.07. The molecule has 1 aliphatic heterocycles. The summed E-state index contributed by atoms with van der Waals surface area (Å²) >= 11 is 0. The molecular weight excluding hydrogens is 292 g/mol. The Balaban J connectivity index is 1.74. The molecule has 0 atom stereocenters. The Morgan fingerprint density at radius 2 is 1.78 bits per heavy atom. The molecule has 0 unspecified atom stereocenters. The molecule has 1 heterocycles. The lowest BCUT2D eigenvalue weighted by molar-refractivity contribution is 0.104. The molecule has 0 radical (unpaired) electrons. The van der Waals surface area contributed by atoms with Crippen molar-refractivity contribution >= 4 is 11.9 Å². The van der Waals surface area contributed by atoms with Crippen molar-refractivity contribution in [3.8, 4) is 17.2 Å². The van der Waals surface area contributed by atoms with Gasteiger partial charge in [0, 0.05) is 12.0 Å². The molecular formula is C19H18O4. The van der Waals surface area contributed by atoms with Crippen molar-refractivity contribution in [1.29, 1.82) is 0 Å². The van der Waals surface area contributed by atoms with Gasteiger partial charge >= 0.3 is 0 Å². The second kappa shape index (κ2) is 7.01. The van der Waals surface area contributed by atoms with Crippen LogP contribution in [-0.4, -0.2) is 26.1 Å². The molecule has 0 amide bonds. The maximum absolute atomic E-state index is 12.3. The third kappa shape index (κ3) is 3.72. The number of carbonyl (C=O) groups is 1. The van der Waals surface area contributed by atoms with E-state index in [4.69, 9.17) is 14.2 Å². The Kier molecular flexibility index (Phi) is 4.62. The highest BCUT2D eigenvalue weighted by Crippen LogP contribution is 2.30. The topological polar surface area (TPSA) is 44.8 Å². The number of carbonyl (C=O) groups excluding carboxylic acids is 1. The van der Waals surface area contributed by atoms with Crippen LogP contribution in [0.3, 0.4) is 0 Å². The van der Waals surface area contributed by atoms with Gasteiger partial charge in [-0.15, -0.1) is 0 Å². The van der Waals surface area contributed by atoms with Crippen LogP contribution in [0.2, 0.25) is 0 Å². The van der Waals surface area contributed by atoms with Gasteiger partial charge in [0.25, 0.3) is 0 Å². The van der Waals surface area contributed by atoms with Gasteiger partial charge < -0.3 is 14.2 Å². The standard InChI is InChI=1S/C19H18O4/c1-21-16-7-3-14(4-8-16)5-9-17(20)15-6-10-18-19(13-15)23-12-2-11-22-18/h3-10,13H,2,11-12H2,1H3/b9-5+. The molecule has 4 heteroatoms. The fourth-order valence-electron chi connectivity index (χ4n) is 2.30. The van der Waals surface area contributed by atoms with Crippen molar-refractivity contribution in [3.63, 3.8) is 0 Å². The van der Waals surface area contributed by atoms with Crippen molar-refractivity contribution in [2.24, 2.45) is 0 Å². The summed E-state index contributed by atoms with van der Waals surface area (Å²) in [5, 5.41) is 0. The summed E-state index contributed by atoms with van der Waals surface area (Å²) in [7, 11) is 1.62. The maximum Gasteiger partial charge on any atom is 0.185 e. The molecule has 118 valence electrons. The first-order valence-electron chi connectivity index (χ1n) is 7.52. The molecule has 2 aromatic rings. The first-order valence-corrected chi connectivity index (χ1v) is 7.52. The van der Waals surface area contributed by atoms with Gasteiger partial charge in [0.05, 0.1) is 20.3 Å². The highest BCUT2D eigenvalue weighted by Gasteiger charge is 2.12. The fourth-order valence-corrected chi connectivity index (χ4v) is 2.30. The molecule has 4 nitrogen and oxygen atoms in total. The number of benzene rings is 2. The molecule has 2 aromatic carbocycles. The highest BCUT2D eigenvalue weighted by molar-refractivity contribution is 6.07. The minimum absolute atomic E-state index is 0.0727. The fraction of sp³-hybridized carbons (Fsp3) is 0.211. The van der Waals surface area contributed by atoms with E-state index in [0.29, 0.717) is 30.3 Å². The van der Waals surface area contributed by atoms with Gasteiger partial charge in [0.1, 0.15) is 5.75 Å². The molecule has 3 rings (SSSR count). The van der Waals surface area contributed by atoms with Crippen LogP contribution in [0.4, 0.5) is 0 Å². The van der Waals surface area contributed by atoms with Crippen LogP contribution in [-0.2, 0) is 0 Å². The van der Waals surface area contributed by atoms with Crippen LogP contribution in [0.15, 0.2) is 48.5 Å². The van der Waals surface area contributed by atoms with Gasteiger partial charge in [0.15, 0.2) is 17.3 Å². The molecule has 0 aliphatic carbocycles. The Labute approximate surface area is 135 Å². The molecule has 0 fully saturated rings. The average Bonchev–Trinajstić information content (AvgIpc) is 2.84. The molecule has 0 saturated carbocycles. The number of fused-ring (bicyclic) bond motifs is 1. The van der Waals surface area contributed by atoms with E-state index in [1.54, 1.807) is 37.5 Å². The van der Waals surface area contributed by atoms with Crippen LogP contribution in [0.5, 0.6) is 17.2 Å². The minimum Gasteiger partial charge on any atom is -0.497 e. The molecule has 23 heavy (non-hydrogen) atoms. The van der Waals surface area contributed by atoms with Gasteiger partial charge in [-0.1, -0.05) is 18.2 Å². The summed E-state index contributed by atoms with van der Waals surface area (Å²) in [6.45, 7) is 1.24. The van der Waals surface area contributed by atoms with Gasteiger partial charge in [-0.3, -0.25) is 4.79 Å². The molecule has 0 N–H and O–H groups in total. The van der Waals surface area contributed by atoms with Crippen molar-refractivity contribution in [1.82, 2.24) is 0 Å². The number of ketones is 1. The molecule has 1 aliphatic rings. The maximum atomic E-state index is 12.3. The summed E-state index contributed by atoms with van der Waals surface area (Å²) in [5.74, 6) is 2.04. The Morgan fingerprint density at radius 3 is 2.52 bits per heavy atom. The van der Waals surface area contributed by atoms with E-state index in [0.717, 1.165) is 17.7 Å². The summed E-state index contributed by atoms with van der Waals surface area (Å²) in [6.07, 6.45) is 4.18. The van der Waals surface area contributed by atoms with Crippen LogP contribution < -0.4 is 14.2 Å². The highest BCUT2D eigenvalue weighted by atomic mass is 16.5. The first kappa shape index (κ1) is 15.2. The second-order valence-corrected chi connectivity index (χ2v) is 5.18. The zero-order valence-corrected chi connectivity index (χ0v) is 13.0. The molecule has 0 saturated heterocycles. The summed E-state index contributed by atoms with van der Waals surface area (Å²) in [4.78, 5) is 12.3. The van der Waals surface area contributed by atoms with E-state index < -0.39 is 0 Å². The number of ether oxygens (including phenoxy) is 3. The van der Waals surface area contributed by atoms with Crippen LogP contribution >= 0.6 is 0 Å². The van der Waals surface area contributed by atoms with E-state index in [1.165, 1.54) is 0 Å². The van der Waals surface area contributed by atoms with Crippen LogP contribution in [0, 0.1) is 0 Å². The number of methoxy groups -OCH3 is 1. The smallest absolute Gasteiger partial charge is 0.185 e. The van der Waals surface area contributed by atoms with Crippen molar-refractivity contribution in [2.75, 3.05) is 20.3 Å². The number of hydrogen-bond acceptors (Lipinski definition) is 4. The third-order valence-electron chi connectivity index (χ3n) is 3.57. The van der Waals surface area contributed by atoms with Crippen molar-refractivity contribution in [3.05, 3.63) is 59.7 Å². The number of hydrogen-bond donors (Lipinski definition) is 0. The molecule has 0 spiro atoms. The quantitative estimate of drug-likeness (QED) is 0.637. The normalized spacial score (nSPS) is 13.6. The largest absolute Gasteiger partial charge is 0.497 e. The van der Waals surface area contributed by atoms with Crippen LogP contribution in [0.1, 0.15) is 22.3 Å². The van der Waals surface area contributed by atoms with Crippen molar-refractivity contribution < 1.29 is 19.0 Å². The predicted molar refractivity (Wildman–Crippen MR) is 88.4 cm³/mol. The molecule has 0 bridgehead atoms. The van der Waals surface area contributed by atoms with Gasteiger partial charge in [-0.05, 0) is 42.0 Å². The average molecular weight is 310 g/mol. The van der Waals surface area contributed by atoms with Gasteiger partial charge in [-0.25, -0.2) is 0 Å². The number of rotatable bonds is 4. The lowest BCUT2D eigenvalue weighted by Crippen LogP contribution is -1.98. The third-order valence-corrected chi connectivity index (χ3v) is 3.57. The predicted octanol–water partition coefficient (Wildman–Crippen LogP) is 3.75. The van der Waals surface area contributed by atoms with E-state index in [9.17, 15) is 4.79 Å². The minimum atomic E-state index is -0.0727. The zero-order chi connectivity index (χ0) is 16.1. The zero-order valence-electron chi connectivity index (χ0n) is 13.0. The van der Waals surface area contributed by atoms with E-state index in [1.807, 2.05) is 24.3 Å². The van der Waals surface area contributed by atoms with Crippen molar-refractivity contribution in [2.45, 2.75) is 6.42 Å². The second-order valence-electron chi connectivity index (χ2n) is 5.18.